The molecule has 0 heterocycles. The fourth-order valence-electron chi connectivity index (χ4n) is 1.59. The van der Waals surface area contributed by atoms with Crippen LogP contribution in [0.1, 0.15) is 33.6 Å². The monoisotopic (exact) mass is 231 g/mol. The highest BCUT2D eigenvalue weighted by Gasteiger charge is 2.33. The van der Waals surface area contributed by atoms with E-state index >= 15 is 0 Å². The molecule has 0 aromatic heterocycles. The molecule has 2 N–H and O–H groups in total. The summed E-state index contributed by atoms with van der Waals surface area (Å²) in [6.45, 7) is 5.86. The van der Waals surface area contributed by atoms with E-state index in [4.69, 9.17) is 5.11 Å². The quantitative estimate of drug-likeness (QED) is 0.640. The maximum absolute atomic E-state index is 11.1. The molecular weight excluding hydrogens is 210 g/mol. The predicted octanol–water partition coefficient (Wildman–Crippen LogP) is 1.03. The number of hydrogen-bond acceptors (Lipinski definition) is 4. The van der Waals surface area contributed by atoms with Crippen LogP contribution < -0.4 is 5.32 Å². The van der Waals surface area contributed by atoms with Crippen molar-refractivity contribution in [2.45, 2.75) is 39.2 Å². The van der Waals surface area contributed by atoms with Crippen LogP contribution in [0.4, 0.5) is 0 Å². The Kier molecular flexibility index (Phi) is 6.03. The summed E-state index contributed by atoms with van der Waals surface area (Å²) in [7, 11) is 1.31. The molecule has 0 saturated carbocycles. The number of methoxy groups -OCH3 is 1. The Bertz CT molecular complexity index is 252. The van der Waals surface area contributed by atoms with Crippen molar-refractivity contribution in [2.75, 3.05) is 13.7 Å². The Balaban J connectivity index is 4.23. The number of carbonyl (C=O) groups is 2. The van der Waals surface area contributed by atoms with Crippen molar-refractivity contribution in [3.63, 3.8) is 0 Å². The molecule has 0 spiro atoms. The van der Waals surface area contributed by atoms with E-state index in [2.05, 4.69) is 10.1 Å². The molecule has 1 unspecified atom stereocenters. The Hall–Kier alpha value is -1.10. The van der Waals surface area contributed by atoms with Crippen LogP contribution in [-0.2, 0) is 14.3 Å². The van der Waals surface area contributed by atoms with Gasteiger partial charge in [-0.2, -0.15) is 0 Å². The van der Waals surface area contributed by atoms with Crippen molar-refractivity contribution in [3.8, 4) is 0 Å². The maximum Gasteiger partial charge on any atom is 0.323 e. The standard InChI is InChI=1S/C11H21NO4/c1-8(2)7-11(3,10(14)15)12-6-5-9(13)16-4/h8,12H,5-7H2,1-4H3,(H,14,15). The van der Waals surface area contributed by atoms with Gasteiger partial charge in [0, 0.05) is 6.54 Å². The Labute approximate surface area is 96.2 Å². The summed E-state index contributed by atoms with van der Waals surface area (Å²) in [4.78, 5) is 22.0. The number of rotatable bonds is 7. The van der Waals surface area contributed by atoms with Crippen molar-refractivity contribution in [1.29, 1.82) is 0 Å². The highest BCUT2D eigenvalue weighted by Crippen LogP contribution is 2.16. The van der Waals surface area contributed by atoms with Crippen molar-refractivity contribution in [2.24, 2.45) is 5.92 Å². The lowest BCUT2D eigenvalue weighted by molar-refractivity contribution is -0.146. The predicted molar refractivity (Wildman–Crippen MR) is 60.1 cm³/mol. The minimum absolute atomic E-state index is 0.178. The van der Waals surface area contributed by atoms with E-state index in [0.29, 0.717) is 13.0 Å². The first-order valence-corrected chi connectivity index (χ1v) is 5.37. The van der Waals surface area contributed by atoms with Crippen LogP contribution in [-0.4, -0.2) is 36.2 Å². The van der Waals surface area contributed by atoms with Gasteiger partial charge in [-0.3, -0.25) is 9.59 Å². The van der Waals surface area contributed by atoms with Crippen LogP contribution in [0.15, 0.2) is 0 Å². The first-order valence-electron chi connectivity index (χ1n) is 5.37. The molecule has 94 valence electrons. The third-order valence-electron chi connectivity index (χ3n) is 2.36. The minimum Gasteiger partial charge on any atom is -0.480 e. The zero-order valence-corrected chi connectivity index (χ0v) is 10.4. The first-order chi connectivity index (χ1) is 7.31. The zero-order chi connectivity index (χ0) is 12.8. The molecule has 5 heteroatoms. The second-order valence-electron chi connectivity index (χ2n) is 4.49. The summed E-state index contributed by atoms with van der Waals surface area (Å²) in [5.41, 5.74) is -0.984. The maximum atomic E-state index is 11.1. The summed E-state index contributed by atoms with van der Waals surface area (Å²) in [6.07, 6.45) is 0.695. The molecule has 0 aliphatic heterocycles. The Morgan fingerprint density at radius 1 is 1.44 bits per heavy atom. The van der Waals surface area contributed by atoms with Gasteiger partial charge in [0.05, 0.1) is 13.5 Å². The van der Waals surface area contributed by atoms with E-state index in [1.165, 1.54) is 7.11 Å². The molecule has 0 aliphatic rings. The van der Waals surface area contributed by atoms with E-state index in [-0.39, 0.29) is 18.3 Å². The highest BCUT2D eigenvalue weighted by atomic mass is 16.5. The molecule has 0 saturated heterocycles. The van der Waals surface area contributed by atoms with Gasteiger partial charge in [0.2, 0.25) is 0 Å². The van der Waals surface area contributed by atoms with Gasteiger partial charge < -0.3 is 15.2 Å². The molecule has 1 atom stereocenters. The molecule has 0 aliphatic carbocycles. The van der Waals surface area contributed by atoms with Gasteiger partial charge >= 0.3 is 11.9 Å². The molecule has 0 aromatic carbocycles. The number of aliphatic carboxylic acids is 1. The fourth-order valence-corrected chi connectivity index (χ4v) is 1.59. The van der Waals surface area contributed by atoms with Gasteiger partial charge in [-0.05, 0) is 19.3 Å². The van der Waals surface area contributed by atoms with Gasteiger partial charge in [0.25, 0.3) is 0 Å². The van der Waals surface area contributed by atoms with Crippen molar-refractivity contribution in [3.05, 3.63) is 0 Å². The normalized spacial score (nSPS) is 14.6. The molecule has 0 aromatic rings. The van der Waals surface area contributed by atoms with E-state index in [1.807, 2.05) is 13.8 Å². The molecule has 0 bridgehead atoms. The van der Waals surface area contributed by atoms with Gasteiger partial charge in [0.1, 0.15) is 5.54 Å². The van der Waals surface area contributed by atoms with Gasteiger partial charge in [-0.25, -0.2) is 0 Å². The number of carboxylic acid groups (broad SMARTS) is 1. The number of esters is 1. The van der Waals surface area contributed by atoms with Crippen LogP contribution in [0, 0.1) is 5.92 Å². The summed E-state index contributed by atoms with van der Waals surface area (Å²) >= 11 is 0. The number of ether oxygens (including phenoxy) is 1. The topological polar surface area (TPSA) is 75.6 Å². The average molecular weight is 231 g/mol. The van der Waals surface area contributed by atoms with Crippen LogP contribution >= 0.6 is 0 Å². The van der Waals surface area contributed by atoms with E-state index in [9.17, 15) is 9.59 Å². The van der Waals surface area contributed by atoms with Crippen LogP contribution in [0.25, 0.3) is 0 Å². The zero-order valence-electron chi connectivity index (χ0n) is 10.4. The molecule has 0 fully saturated rings. The van der Waals surface area contributed by atoms with Crippen LogP contribution in [0.3, 0.4) is 0 Å². The van der Waals surface area contributed by atoms with Crippen LogP contribution in [0.2, 0.25) is 0 Å². The summed E-state index contributed by atoms with van der Waals surface area (Å²) in [5.74, 6) is -0.970. The molecule has 16 heavy (non-hydrogen) atoms. The highest BCUT2D eigenvalue weighted by molar-refractivity contribution is 5.78. The van der Waals surface area contributed by atoms with Crippen molar-refractivity contribution >= 4 is 11.9 Å². The van der Waals surface area contributed by atoms with Crippen molar-refractivity contribution in [1.82, 2.24) is 5.32 Å². The number of hydrogen-bond donors (Lipinski definition) is 2. The lowest BCUT2D eigenvalue weighted by Crippen LogP contribution is -2.51. The second kappa shape index (κ2) is 6.48. The lowest BCUT2D eigenvalue weighted by Gasteiger charge is -2.27. The summed E-state index contributed by atoms with van der Waals surface area (Å²) < 4.78 is 4.48. The SMILES string of the molecule is COC(=O)CCNC(C)(CC(C)C)C(=O)O. The van der Waals surface area contributed by atoms with Gasteiger partial charge in [0.15, 0.2) is 0 Å². The Morgan fingerprint density at radius 3 is 2.38 bits per heavy atom. The third-order valence-corrected chi connectivity index (χ3v) is 2.36. The molecule has 0 radical (unpaired) electrons. The number of carboxylic acids is 1. The number of carbonyl (C=O) groups excluding carboxylic acids is 1. The third kappa shape index (κ3) is 5.11. The van der Waals surface area contributed by atoms with E-state index in [0.717, 1.165) is 0 Å². The number of nitrogens with one attached hydrogen (secondary N) is 1. The molecule has 5 nitrogen and oxygen atoms in total. The first kappa shape index (κ1) is 14.9. The van der Waals surface area contributed by atoms with E-state index < -0.39 is 11.5 Å². The van der Waals surface area contributed by atoms with Crippen molar-refractivity contribution < 1.29 is 19.4 Å². The van der Waals surface area contributed by atoms with Gasteiger partial charge in [-0.1, -0.05) is 13.8 Å². The molecule has 0 amide bonds. The summed E-state index contributed by atoms with van der Waals surface area (Å²) in [6, 6.07) is 0. The van der Waals surface area contributed by atoms with E-state index in [1.54, 1.807) is 6.92 Å². The second-order valence-corrected chi connectivity index (χ2v) is 4.49. The lowest BCUT2D eigenvalue weighted by atomic mass is 9.90. The smallest absolute Gasteiger partial charge is 0.323 e. The van der Waals surface area contributed by atoms with Gasteiger partial charge in [-0.15, -0.1) is 0 Å². The largest absolute Gasteiger partial charge is 0.480 e. The average Bonchev–Trinajstić information content (AvgIpc) is 2.16. The fraction of sp³-hybridized carbons (Fsp3) is 0.818. The molecule has 0 rings (SSSR count). The summed E-state index contributed by atoms with van der Waals surface area (Å²) in [5, 5.41) is 12.0. The Morgan fingerprint density at radius 2 is 2.00 bits per heavy atom. The van der Waals surface area contributed by atoms with Crippen LogP contribution in [0.5, 0.6) is 0 Å². The minimum atomic E-state index is -0.984. The molecular formula is C11H21NO4.